The van der Waals surface area contributed by atoms with Crippen LogP contribution in [0.1, 0.15) is 32.2 Å². The van der Waals surface area contributed by atoms with Crippen molar-refractivity contribution in [1.82, 2.24) is 20.2 Å². The van der Waals surface area contributed by atoms with E-state index in [1.165, 1.54) is 11.8 Å². The number of carbonyl (C=O) groups excluding carboxylic acids is 1. The van der Waals surface area contributed by atoms with Crippen LogP contribution >= 0.6 is 11.8 Å². The fourth-order valence-corrected chi connectivity index (χ4v) is 2.99. The number of hydrogen-bond donors (Lipinski definition) is 2. The molecule has 3 rings (SSSR count). The van der Waals surface area contributed by atoms with Crippen molar-refractivity contribution in [2.75, 3.05) is 12.5 Å². The van der Waals surface area contributed by atoms with Crippen molar-refractivity contribution in [1.29, 1.82) is 0 Å². The Balaban J connectivity index is 1.68. The summed E-state index contributed by atoms with van der Waals surface area (Å²) in [5.41, 5.74) is 4.63. The first-order valence-electron chi connectivity index (χ1n) is 8.05. The number of aromatic nitrogens is 3. The molecule has 2 aromatic rings. The molecule has 26 heavy (non-hydrogen) atoms. The highest BCUT2D eigenvalue weighted by atomic mass is 32.2. The molecule has 0 fully saturated rings. The molecule has 1 aromatic heterocycles. The summed E-state index contributed by atoms with van der Waals surface area (Å²) in [6.45, 7) is 5.65. The first-order chi connectivity index (χ1) is 12.4. The fourth-order valence-electron chi connectivity index (χ4n) is 2.23. The SMILES string of the molecule is COc1ccc(C2=CSc3nnc(CNC(=O)OC(C)(C)C)n3N2)cc1. The maximum absolute atomic E-state index is 11.8. The minimum atomic E-state index is -0.549. The van der Waals surface area contributed by atoms with Crippen molar-refractivity contribution in [3.8, 4) is 5.75 Å². The molecule has 1 aromatic carbocycles. The Labute approximate surface area is 155 Å². The second kappa shape index (κ2) is 7.28. The number of alkyl carbamates (subject to hydrolysis) is 1. The van der Waals surface area contributed by atoms with Gasteiger partial charge in [0.15, 0.2) is 5.82 Å². The van der Waals surface area contributed by atoms with Gasteiger partial charge in [-0.15, -0.1) is 10.2 Å². The number of carbonyl (C=O) groups is 1. The molecule has 0 saturated heterocycles. The number of nitrogens with one attached hydrogen (secondary N) is 2. The van der Waals surface area contributed by atoms with Gasteiger partial charge in [0.05, 0.1) is 19.4 Å². The van der Waals surface area contributed by atoms with E-state index < -0.39 is 11.7 Å². The lowest BCUT2D eigenvalue weighted by Crippen LogP contribution is -2.33. The lowest BCUT2D eigenvalue weighted by Gasteiger charge is -2.21. The normalized spacial score (nSPS) is 13.3. The molecule has 2 heterocycles. The summed E-state index contributed by atoms with van der Waals surface area (Å²) < 4.78 is 12.2. The molecule has 1 amide bonds. The van der Waals surface area contributed by atoms with E-state index in [1.807, 2.05) is 50.4 Å². The Bertz CT molecular complexity index is 824. The molecule has 0 atom stereocenters. The van der Waals surface area contributed by atoms with Gasteiger partial charge in [0, 0.05) is 11.0 Å². The van der Waals surface area contributed by atoms with Gasteiger partial charge < -0.3 is 14.8 Å². The van der Waals surface area contributed by atoms with Gasteiger partial charge in [-0.2, -0.15) is 0 Å². The second-order valence-corrected chi connectivity index (χ2v) is 7.42. The summed E-state index contributed by atoms with van der Waals surface area (Å²) in [4.78, 5) is 11.8. The van der Waals surface area contributed by atoms with Crippen molar-refractivity contribution < 1.29 is 14.3 Å². The summed E-state index contributed by atoms with van der Waals surface area (Å²) in [6.07, 6.45) is -0.496. The van der Waals surface area contributed by atoms with E-state index in [0.717, 1.165) is 17.0 Å². The Morgan fingerprint density at radius 1 is 1.27 bits per heavy atom. The molecular weight excluding hydrogens is 354 g/mol. The van der Waals surface area contributed by atoms with Crippen LogP contribution < -0.4 is 15.5 Å². The van der Waals surface area contributed by atoms with Gasteiger partial charge in [0.2, 0.25) is 5.16 Å². The predicted octanol–water partition coefficient (Wildman–Crippen LogP) is 2.96. The van der Waals surface area contributed by atoms with Crippen LogP contribution in [0.3, 0.4) is 0 Å². The zero-order valence-electron chi connectivity index (χ0n) is 15.1. The van der Waals surface area contributed by atoms with Crippen LogP contribution in [0, 0.1) is 0 Å². The van der Waals surface area contributed by atoms with E-state index >= 15 is 0 Å². The number of thioether (sulfide) groups is 1. The highest BCUT2D eigenvalue weighted by Crippen LogP contribution is 2.29. The number of methoxy groups -OCH3 is 1. The first kappa shape index (κ1) is 18.1. The molecular formula is C17H21N5O3S. The van der Waals surface area contributed by atoms with Crippen LogP contribution in [-0.4, -0.2) is 33.7 Å². The first-order valence-corrected chi connectivity index (χ1v) is 8.93. The molecule has 9 heteroatoms. The zero-order chi connectivity index (χ0) is 18.7. The van der Waals surface area contributed by atoms with Crippen molar-refractivity contribution in [2.45, 2.75) is 38.1 Å². The van der Waals surface area contributed by atoms with E-state index in [9.17, 15) is 4.79 Å². The molecule has 8 nitrogen and oxygen atoms in total. The van der Waals surface area contributed by atoms with Crippen LogP contribution in [0.15, 0.2) is 34.8 Å². The number of nitrogens with zero attached hydrogens (tertiary/aromatic N) is 3. The minimum Gasteiger partial charge on any atom is -0.497 e. The largest absolute Gasteiger partial charge is 0.497 e. The number of rotatable bonds is 4. The van der Waals surface area contributed by atoms with Crippen LogP contribution in [-0.2, 0) is 11.3 Å². The monoisotopic (exact) mass is 375 g/mol. The van der Waals surface area contributed by atoms with Crippen molar-refractivity contribution >= 4 is 23.6 Å². The molecule has 1 aliphatic rings. The average molecular weight is 375 g/mol. The smallest absolute Gasteiger partial charge is 0.408 e. The fraction of sp³-hybridized carbons (Fsp3) is 0.353. The van der Waals surface area contributed by atoms with E-state index in [4.69, 9.17) is 9.47 Å². The summed E-state index contributed by atoms with van der Waals surface area (Å²) in [7, 11) is 1.64. The number of hydrogen-bond acceptors (Lipinski definition) is 7. The molecule has 0 radical (unpaired) electrons. The summed E-state index contributed by atoms with van der Waals surface area (Å²) in [5, 5.41) is 13.6. The Kier molecular flexibility index (Phi) is 5.08. The number of amides is 1. The highest BCUT2D eigenvalue weighted by Gasteiger charge is 2.20. The van der Waals surface area contributed by atoms with Gasteiger partial charge in [-0.05, 0) is 45.0 Å². The molecule has 0 unspecified atom stereocenters. The van der Waals surface area contributed by atoms with Crippen molar-refractivity contribution in [3.63, 3.8) is 0 Å². The lowest BCUT2D eigenvalue weighted by atomic mass is 10.2. The third-order valence-electron chi connectivity index (χ3n) is 3.41. The molecule has 138 valence electrons. The summed E-state index contributed by atoms with van der Waals surface area (Å²) in [5.74, 6) is 1.38. The van der Waals surface area contributed by atoms with Gasteiger partial charge in [0.1, 0.15) is 11.4 Å². The van der Waals surface area contributed by atoms with Gasteiger partial charge in [-0.1, -0.05) is 11.8 Å². The molecule has 1 aliphatic heterocycles. The molecule has 2 N–H and O–H groups in total. The standard InChI is InChI=1S/C17H21N5O3S/c1-17(2,3)25-16(23)18-9-14-19-20-15-22(14)21-13(10-26-15)11-5-7-12(24-4)8-6-11/h5-8,10,21H,9H2,1-4H3,(H,18,23). The van der Waals surface area contributed by atoms with Crippen LogP contribution in [0.5, 0.6) is 5.75 Å². The molecule has 0 bridgehead atoms. The Morgan fingerprint density at radius 2 is 2.00 bits per heavy atom. The number of benzene rings is 1. The summed E-state index contributed by atoms with van der Waals surface area (Å²) >= 11 is 1.46. The third-order valence-corrected chi connectivity index (χ3v) is 4.23. The van der Waals surface area contributed by atoms with Crippen LogP contribution in [0.4, 0.5) is 4.79 Å². The number of ether oxygens (including phenoxy) is 2. The zero-order valence-corrected chi connectivity index (χ0v) is 15.9. The molecule has 0 spiro atoms. The second-order valence-electron chi connectivity index (χ2n) is 6.58. The van der Waals surface area contributed by atoms with Gasteiger partial charge in [-0.3, -0.25) is 5.43 Å². The maximum Gasteiger partial charge on any atom is 0.408 e. The topological polar surface area (TPSA) is 90.3 Å². The van der Waals surface area contributed by atoms with Gasteiger partial charge in [-0.25, -0.2) is 9.47 Å². The average Bonchev–Trinajstić information content (AvgIpc) is 3.01. The van der Waals surface area contributed by atoms with Crippen LogP contribution in [0.2, 0.25) is 0 Å². The lowest BCUT2D eigenvalue weighted by molar-refractivity contribution is 0.0522. The van der Waals surface area contributed by atoms with Gasteiger partial charge >= 0.3 is 6.09 Å². The Hall–Kier alpha value is -2.68. The van der Waals surface area contributed by atoms with E-state index in [0.29, 0.717) is 11.0 Å². The minimum absolute atomic E-state index is 0.200. The molecule has 0 aliphatic carbocycles. The molecule has 0 saturated carbocycles. The van der Waals surface area contributed by atoms with E-state index in [-0.39, 0.29) is 6.54 Å². The van der Waals surface area contributed by atoms with Crippen molar-refractivity contribution in [3.05, 3.63) is 41.1 Å². The third kappa shape index (κ3) is 4.29. The van der Waals surface area contributed by atoms with E-state index in [1.54, 1.807) is 11.8 Å². The predicted molar refractivity (Wildman–Crippen MR) is 99.3 cm³/mol. The van der Waals surface area contributed by atoms with Gasteiger partial charge in [0.25, 0.3) is 0 Å². The number of fused-ring (bicyclic) bond motifs is 1. The van der Waals surface area contributed by atoms with E-state index in [2.05, 4.69) is 20.9 Å². The van der Waals surface area contributed by atoms with Crippen molar-refractivity contribution in [2.24, 2.45) is 0 Å². The summed E-state index contributed by atoms with van der Waals surface area (Å²) in [6, 6.07) is 7.72. The highest BCUT2D eigenvalue weighted by molar-refractivity contribution is 8.02. The maximum atomic E-state index is 11.8. The Morgan fingerprint density at radius 3 is 2.65 bits per heavy atom. The quantitative estimate of drug-likeness (QED) is 0.849. The van der Waals surface area contributed by atoms with Crippen LogP contribution in [0.25, 0.3) is 5.70 Å².